The van der Waals surface area contributed by atoms with Gasteiger partial charge in [-0.2, -0.15) is 0 Å². The zero-order valence-electron chi connectivity index (χ0n) is 5.38. The fraction of sp³-hybridized carbons (Fsp3) is 1.00. The SMILES string of the molecule is SN1CCC2CCNC21. The van der Waals surface area contributed by atoms with Crippen molar-refractivity contribution in [3.05, 3.63) is 0 Å². The maximum atomic E-state index is 4.34. The number of nitrogens with zero attached hydrogens (tertiary/aromatic N) is 1. The summed E-state index contributed by atoms with van der Waals surface area (Å²) in [4.78, 5) is 0. The molecule has 2 aliphatic rings. The molecule has 0 radical (unpaired) electrons. The third kappa shape index (κ3) is 0.876. The Labute approximate surface area is 61.2 Å². The number of hydrogen-bond acceptors (Lipinski definition) is 3. The Morgan fingerprint density at radius 3 is 3.11 bits per heavy atom. The monoisotopic (exact) mass is 144 g/mol. The third-order valence-electron chi connectivity index (χ3n) is 2.37. The first-order chi connectivity index (χ1) is 4.38. The van der Waals surface area contributed by atoms with Crippen LogP contribution in [0.2, 0.25) is 0 Å². The van der Waals surface area contributed by atoms with Gasteiger partial charge in [0.2, 0.25) is 0 Å². The summed E-state index contributed by atoms with van der Waals surface area (Å²) in [5, 5.41) is 3.42. The maximum absolute atomic E-state index is 4.34. The van der Waals surface area contributed by atoms with Crippen LogP contribution >= 0.6 is 12.8 Å². The van der Waals surface area contributed by atoms with Crippen LogP contribution in [0.1, 0.15) is 12.8 Å². The fourth-order valence-corrected chi connectivity index (χ4v) is 2.21. The van der Waals surface area contributed by atoms with Crippen LogP contribution in [0.5, 0.6) is 0 Å². The molecule has 3 heteroatoms. The van der Waals surface area contributed by atoms with E-state index in [4.69, 9.17) is 0 Å². The van der Waals surface area contributed by atoms with Crippen LogP contribution in [0.4, 0.5) is 0 Å². The molecule has 0 spiro atoms. The second kappa shape index (κ2) is 2.15. The van der Waals surface area contributed by atoms with Crippen LogP contribution in [0, 0.1) is 5.92 Å². The van der Waals surface area contributed by atoms with Crippen molar-refractivity contribution < 1.29 is 0 Å². The number of hydrogen-bond donors (Lipinski definition) is 2. The lowest BCUT2D eigenvalue weighted by molar-refractivity contribution is 0.375. The summed E-state index contributed by atoms with van der Waals surface area (Å²) in [5.41, 5.74) is 0. The first-order valence-electron chi connectivity index (χ1n) is 3.57. The predicted octanol–water partition coefficient (Wildman–Crippen LogP) is 0.472. The molecule has 0 aromatic rings. The van der Waals surface area contributed by atoms with Gasteiger partial charge < -0.3 is 5.32 Å². The summed E-state index contributed by atoms with van der Waals surface area (Å²) in [6.45, 7) is 2.35. The number of fused-ring (bicyclic) bond motifs is 1. The maximum Gasteiger partial charge on any atom is 0.0723 e. The molecular formula is C6H12N2S. The van der Waals surface area contributed by atoms with Gasteiger partial charge in [0.15, 0.2) is 0 Å². The van der Waals surface area contributed by atoms with Gasteiger partial charge in [-0.3, -0.25) is 0 Å². The molecule has 52 valence electrons. The highest BCUT2D eigenvalue weighted by Crippen LogP contribution is 2.29. The average Bonchev–Trinajstić information content (AvgIpc) is 2.35. The minimum absolute atomic E-state index is 0.591. The van der Waals surface area contributed by atoms with Gasteiger partial charge in [0.25, 0.3) is 0 Å². The Morgan fingerprint density at radius 1 is 1.44 bits per heavy atom. The van der Waals surface area contributed by atoms with Crippen LogP contribution in [-0.2, 0) is 0 Å². The highest BCUT2D eigenvalue weighted by molar-refractivity contribution is 7.77. The summed E-state index contributed by atoms with van der Waals surface area (Å²) in [6.07, 6.45) is 3.27. The quantitative estimate of drug-likeness (QED) is 0.481. The molecule has 0 aliphatic carbocycles. The highest BCUT2D eigenvalue weighted by Gasteiger charge is 2.35. The minimum atomic E-state index is 0.591. The molecule has 2 rings (SSSR count). The lowest BCUT2D eigenvalue weighted by Gasteiger charge is -2.16. The van der Waals surface area contributed by atoms with E-state index < -0.39 is 0 Å². The number of nitrogens with one attached hydrogen (secondary N) is 1. The van der Waals surface area contributed by atoms with E-state index in [1.165, 1.54) is 19.4 Å². The van der Waals surface area contributed by atoms with Gasteiger partial charge in [-0.15, -0.1) is 0 Å². The molecule has 0 amide bonds. The lowest BCUT2D eigenvalue weighted by Crippen LogP contribution is -2.33. The van der Waals surface area contributed by atoms with Gasteiger partial charge in [-0.25, -0.2) is 4.31 Å². The fourth-order valence-electron chi connectivity index (χ4n) is 1.83. The predicted molar refractivity (Wildman–Crippen MR) is 40.2 cm³/mol. The van der Waals surface area contributed by atoms with Gasteiger partial charge in [-0.05, 0) is 25.3 Å². The first-order valence-corrected chi connectivity index (χ1v) is 3.97. The smallest absolute Gasteiger partial charge is 0.0723 e. The molecule has 0 saturated carbocycles. The van der Waals surface area contributed by atoms with Crippen molar-refractivity contribution in [3.63, 3.8) is 0 Å². The number of thiol groups is 1. The van der Waals surface area contributed by atoms with Crippen molar-refractivity contribution in [2.24, 2.45) is 5.92 Å². The van der Waals surface area contributed by atoms with Crippen LogP contribution in [0.15, 0.2) is 0 Å². The summed E-state index contributed by atoms with van der Waals surface area (Å²) >= 11 is 4.34. The van der Waals surface area contributed by atoms with Crippen molar-refractivity contribution in [3.8, 4) is 0 Å². The molecule has 0 aromatic heterocycles. The van der Waals surface area contributed by atoms with E-state index in [9.17, 15) is 0 Å². The third-order valence-corrected chi connectivity index (χ3v) is 2.81. The van der Waals surface area contributed by atoms with Gasteiger partial charge in [-0.1, -0.05) is 12.8 Å². The molecule has 2 aliphatic heterocycles. The zero-order valence-corrected chi connectivity index (χ0v) is 6.27. The van der Waals surface area contributed by atoms with Crippen molar-refractivity contribution in [1.82, 2.24) is 9.62 Å². The van der Waals surface area contributed by atoms with Crippen LogP contribution in [0.3, 0.4) is 0 Å². The molecule has 2 atom stereocenters. The molecule has 0 bridgehead atoms. The zero-order chi connectivity index (χ0) is 6.27. The van der Waals surface area contributed by atoms with Gasteiger partial charge >= 0.3 is 0 Å². The van der Waals surface area contributed by atoms with Crippen LogP contribution < -0.4 is 5.32 Å². The Balaban J connectivity index is 2.07. The molecule has 0 aromatic carbocycles. The Kier molecular flexibility index (Phi) is 1.43. The normalized spacial score (nSPS) is 43.7. The summed E-state index contributed by atoms with van der Waals surface area (Å²) < 4.78 is 2.12. The van der Waals surface area contributed by atoms with E-state index in [1.54, 1.807) is 0 Å². The number of rotatable bonds is 0. The molecule has 2 nitrogen and oxygen atoms in total. The standard InChI is InChI=1S/C6H12N2S/c9-8-4-2-5-1-3-7-6(5)8/h5-7,9H,1-4H2. The van der Waals surface area contributed by atoms with Crippen LogP contribution in [0.25, 0.3) is 0 Å². The molecule has 1 N–H and O–H groups in total. The Hall–Kier alpha value is 0.270. The first kappa shape index (κ1) is 6.01. The van der Waals surface area contributed by atoms with E-state index in [1.807, 2.05) is 0 Å². The summed E-state index contributed by atoms with van der Waals surface area (Å²) in [5.74, 6) is 0.891. The molecule has 2 unspecified atom stereocenters. The largest absolute Gasteiger partial charge is 0.301 e. The minimum Gasteiger partial charge on any atom is -0.301 e. The van der Waals surface area contributed by atoms with E-state index in [0.29, 0.717) is 6.17 Å². The Morgan fingerprint density at radius 2 is 2.33 bits per heavy atom. The van der Waals surface area contributed by atoms with Crippen molar-refractivity contribution in [2.45, 2.75) is 19.0 Å². The molecule has 9 heavy (non-hydrogen) atoms. The molecule has 2 heterocycles. The topological polar surface area (TPSA) is 15.3 Å². The molecule has 2 fully saturated rings. The Bertz CT molecular complexity index is 118. The second-order valence-corrected chi connectivity index (χ2v) is 3.41. The van der Waals surface area contributed by atoms with Crippen LogP contribution in [-0.4, -0.2) is 23.6 Å². The summed E-state index contributed by atoms with van der Waals surface area (Å²) in [6, 6.07) is 0. The van der Waals surface area contributed by atoms with Crippen molar-refractivity contribution >= 4 is 12.8 Å². The van der Waals surface area contributed by atoms with E-state index in [-0.39, 0.29) is 0 Å². The van der Waals surface area contributed by atoms with Crippen molar-refractivity contribution in [1.29, 1.82) is 0 Å². The average molecular weight is 144 g/mol. The molecular weight excluding hydrogens is 132 g/mol. The van der Waals surface area contributed by atoms with Crippen molar-refractivity contribution in [2.75, 3.05) is 13.1 Å². The highest BCUT2D eigenvalue weighted by atomic mass is 32.1. The van der Waals surface area contributed by atoms with E-state index >= 15 is 0 Å². The van der Waals surface area contributed by atoms with Gasteiger partial charge in [0.1, 0.15) is 0 Å². The second-order valence-electron chi connectivity index (χ2n) is 2.90. The van der Waals surface area contributed by atoms with E-state index in [2.05, 4.69) is 22.4 Å². The lowest BCUT2D eigenvalue weighted by atomic mass is 10.1. The van der Waals surface area contributed by atoms with Gasteiger partial charge in [0, 0.05) is 6.54 Å². The summed E-state index contributed by atoms with van der Waals surface area (Å²) in [7, 11) is 0. The van der Waals surface area contributed by atoms with Gasteiger partial charge in [0.05, 0.1) is 6.17 Å². The molecule has 2 saturated heterocycles. The van der Waals surface area contributed by atoms with E-state index in [0.717, 1.165) is 12.5 Å².